The molecule has 2 aromatic carbocycles. The number of rotatable bonds is 12. The monoisotopic (exact) mass is 326 g/mol. The number of hydrogen-bond donors (Lipinski definition) is 2. The van der Waals surface area contributed by atoms with E-state index in [0.717, 1.165) is 5.69 Å². The van der Waals surface area contributed by atoms with Gasteiger partial charge in [-0.05, 0) is 29.9 Å². The number of hydrogen-bond acceptors (Lipinski definition) is 2. The van der Waals surface area contributed by atoms with Crippen molar-refractivity contribution in [1.29, 1.82) is 0 Å². The van der Waals surface area contributed by atoms with Crippen LogP contribution in [0.3, 0.4) is 0 Å². The molecule has 2 heteroatoms. The molecule has 2 rings (SSSR count). The molecule has 0 aromatic heterocycles. The highest BCUT2D eigenvalue weighted by molar-refractivity contribution is 5.95. The van der Waals surface area contributed by atoms with Gasteiger partial charge in [0.1, 0.15) is 0 Å². The Morgan fingerprint density at radius 1 is 0.708 bits per heavy atom. The molecule has 3 N–H and O–H groups in total. The van der Waals surface area contributed by atoms with E-state index in [2.05, 4.69) is 48.7 Å². The van der Waals surface area contributed by atoms with Gasteiger partial charge in [0.25, 0.3) is 0 Å². The van der Waals surface area contributed by atoms with E-state index >= 15 is 0 Å². The van der Waals surface area contributed by atoms with Crippen LogP contribution in [0.4, 0.5) is 5.69 Å². The summed E-state index contributed by atoms with van der Waals surface area (Å²) >= 11 is 0. The lowest BCUT2D eigenvalue weighted by molar-refractivity contribution is 0.556. The van der Waals surface area contributed by atoms with Gasteiger partial charge in [0.15, 0.2) is 0 Å². The molecule has 0 heterocycles. The molecule has 0 aliphatic heterocycles. The fourth-order valence-electron chi connectivity index (χ4n) is 3.51. The van der Waals surface area contributed by atoms with Gasteiger partial charge in [-0.2, -0.15) is 0 Å². The smallest absolute Gasteiger partial charge is 0.0563 e. The largest absolute Gasteiger partial charge is 0.324 e. The Labute approximate surface area is 147 Å². The van der Waals surface area contributed by atoms with Crippen molar-refractivity contribution in [3.63, 3.8) is 0 Å². The number of nitrogen functional groups attached to an aromatic ring is 1. The third-order valence-electron chi connectivity index (χ3n) is 4.97. The second kappa shape index (κ2) is 11.1. The molecule has 0 saturated carbocycles. The lowest BCUT2D eigenvalue weighted by Crippen LogP contribution is -2.07. The van der Waals surface area contributed by atoms with Crippen LogP contribution >= 0.6 is 0 Å². The number of anilines is 1. The number of benzene rings is 2. The van der Waals surface area contributed by atoms with E-state index in [1.165, 1.54) is 87.0 Å². The molecule has 2 nitrogen and oxygen atoms in total. The van der Waals surface area contributed by atoms with E-state index in [4.69, 9.17) is 5.84 Å². The van der Waals surface area contributed by atoms with Crippen molar-refractivity contribution in [1.82, 2.24) is 0 Å². The second-order valence-corrected chi connectivity index (χ2v) is 6.89. The van der Waals surface area contributed by atoms with Gasteiger partial charge in [0, 0.05) is 5.39 Å². The topological polar surface area (TPSA) is 38.0 Å². The fourth-order valence-corrected chi connectivity index (χ4v) is 3.51. The standard InChI is InChI=1S/C22H34N2/c1-2-3-4-5-6-7-8-9-10-11-14-19-17-18-22(24-23)21-16-13-12-15-20(19)21/h12-13,15-18,24H,2-11,14,23H2,1H3. The molecule has 0 saturated heterocycles. The van der Waals surface area contributed by atoms with Gasteiger partial charge in [-0.15, -0.1) is 0 Å². The first kappa shape index (κ1) is 18.8. The Hall–Kier alpha value is -1.54. The van der Waals surface area contributed by atoms with Gasteiger partial charge in [0.2, 0.25) is 0 Å². The van der Waals surface area contributed by atoms with Crippen molar-refractivity contribution >= 4 is 16.5 Å². The first-order valence-electron chi connectivity index (χ1n) is 9.84. The van der Waals surface area contributed by atoms with Crippen molar-refractivity contribution in [3.8, 4) is 0 Å². The zero-order valence-corrected chi connectivity index (χ0v) is 15.3. The highest BCUT2D eigenvalue weighted by Gasteiger charge is 2.04. The minimum absolute atomic E-state index is 1.01. The summed E-state index contributed by atoms with van der Waals surface area (Å²) in [6.07, 6.45) is 15.1. The summed E-state index contributed by atoms with van der Waals surface area (Å²) in [4.78, 5) is 0. The highest BCUT2D eigenvalue weighted by Crippen LogP contribution is 2.27. The van der Waals surface area contributed by atoms with E-state index in [0.29, 0.717) is 0 Å². The number of fused-ring (bicyclic) bond motifs is 1. The third kappa shape index (κ3) is 5.83. The molecule has 0 amide bonds. The Kier molecular flexibility index (Phi) is 8.69. The second-order valence-electron chi connectivity index (χ2n) is 6.89. The molecule has 0 aliphatic carbocycles. The minimum atomic E-state index is 1.01. The predicted molar refractivity (Wildman–Crippen MR) is 107 cm³/mol. The maximum absolute atomic E-state index is 5.62. The maximum Gasteiger partial charge on any atom is 0.0563 e. The fraction of sp³-hybridized carbons (Fsp3) is 0.545. The lowest BCUT2D eigenvalue weighted by atomic mass is 9.98. The molecular formula is C22H34N2. The number of nitrogens with one attached hydrogen (secondary N) is 1. The first-order chi connectivity index (χ1) is 11.9. The molecule has 0 unspecified atom stereocenters. The molecule has 0 radical (unpaired) electrons. The lowest BCUT2D eigenvalue weighted by Gasteiger charge is -2.11. The van der Waals surface area contributed by atoms with E-state index in [1.807, 2.05) is 0 Å². The average molecular weight is 327 g/mol. The van der Waals surface area contributed by atoms with Crippen LogP contribution in [0.2, 0.25) is 0 Å². The normalized spacial score (nSPS) is 11.1. The van der Waals surface area contributed by atoms with Gasteiger partial charge in [0.05, 0.1) is 5.69 Å². The zero-order chi connectivity index (χ0) is 17.0. The SMILES string of the molecule is CCCCCCCCCCCCc1ccc(NN)c2ccccc12. The van der Waals surface area contributed by atoms with Gasteiger partial charge in [-0.1, -0.05) is 95.0 Å². The summed E-state index contributed by atoms with van der Waals surface area (Å²) in [6.45, 7) is 2.28. The zero-order valence-electron chi connectivity index (χ0n) is 15.3. The number of nitrogens with two attached hydrogens (primary N) is 1. The van der Waals surface area contributed by atoms with Crippen LogP contribution < -0.4 is 11.3 Å². The molecular weight excluding hydrogens is 292 g/mol. The molecule has 0 spiro atoms. The van der Waals surface area contributed by atoms with Crippen molar-refractivity contribution in [2.45, 2.75) is 77.6 Å². The molecule has 132 valence electrons. The van der Waals surface area contributed by atoms with Gasteiger partial charge in [-0.3, -0.25) is 5.84 Å². The quantitative estimate of drug-likeness (QED) is 0.262. The predicted octanol–water partition coefficient (Wildman–Crippen LogP) is 6.59. The Balaban J connectivity index is 1.69. The Morgan fingerprint density at radius 3 is 1.92 bits per heavy atom. The summed E-state index contributed by atoms with van der Waals surface area (Å²) in [5, 5.41) is 2.56. The van der Waals surface area contributed by atoms with Gasteiger partial charge < -0.3 is 5.43 Å². The Morgan fingerprint density at radius 2 is 1.29 bits per heavy atom. The van der Waals surface area contributed by atoms with E-state index in [9.17, 15) is 0 Å². The molecule has 0 atom stereocenters. The van der Waals surface area contributed by atoms with Gasteiger partial charge in [-0.25, -0.2) is 0 Å². The van der Waals surface area contributed by atoms with Crippen LogP contribution in [0.1, 0.15) is 76.7 Å². The summed E-state index contributed by atoms with van der Waals surface area (Å²) in [5.41, 5.74) is 5.27. The molecule has 24 heavy (non-hydrogen) atoms. The molecule has 2 aromatic rings. The van der Waals surface area contributed by atoms with Crippen LogP contribution in [0.15, 0.2) is 36.4 Å². The van der Waals surface area contributed by atoms with Crippen LogP contribution in [0, 0.1) is 0 Å². The summed E-state index contributed by atoms with van der Waals surface area (Å²) in [7, 11) is 0. The van der Waals surface area contributed by atoms with Crippen molar-refractivity contribution < 1.29 is 0 Å². The summed E-state index contributed by atoms with van der Waals surface area (Å²) in [5.74, 6) is 5.62. The van der Waals surface area contributed by atoms with Crippen LogP contribution in [-0.2, 0) is 6.42 Å². The van der Waals surface area contributed by atoms with Crippen LogP contribution in [-0.4, -0.2) is 0 Å². The van der Waals surface area contributed by atoms with Crippen molar-refractivity contribution in [2.75, 3.05) is 5.43 Å². The first-order valence-corrected chi connectivity index (χ1v) is 9.84. The molecule has 0 fully saturated rings. The highest BCUT2D eigenvalue weighted by atomic mass is 15.2. The van der Waals surface area contributed by atoms with Crippen molar-refractivity contribution in [2.24, 2.45) is 5.84 Å². The van der Waals surface area contributed by atoms with Crippen LogP contribution in [0.5, 0.6) is 0 Å². The summed E-state index contributed by atoms with van der Waals surface area (Å²) < 4.78 is 0. The molecule has 0 aliphatic rings. The number of aryl methyl sites for hydroxylation is 1. The van der Waals surface area contributed by atoms with Gasteiger partial charge >= 0.3 is 0 Å². The van der Waals surface area contributed by atoms with E-state index in [1.54, 1.807) is 0 Å². The number of hydrazine groups is 1. The van der Waals surface area contributed by atoms with E-state index < -0.39 is 0 Å². The van der Waals surface area contributed by atoms with Crippen LogP contribution in [0.25, 0.3) is 10.8 Å². The summed E-state index contributed by atoms with van der Waals surface area (Å²) in [6, 6.07) is 12.9. The number of unbranched alkanes of at least 4 members (excludes halogenated alkanes) is 9. The Bertz CT molecular complexity index is 592. The minimum Gasteiger partial charge on any atom is -0.324 e. The van der Waals surface area contributed by atoms with E-state index in [-0.39, 0.29) is 0 Å². The third-order valence-corrected chi connectivity index (χ3v) is 4.97. The average Bonchev–Trinajstić information content (AvgIpc) is 2.63. The molecule has 0 bridgehead atoms. The maximum atomic E-state index is 5.62. The van der Waals surface area contributed by atoms with Crippen molar-refractivity contribution in [3.05, 3.63) is 42.0 Å².